The number of nitrogen functional groups attached to an aromatic ring is 1. The molecule has 0 saturated carbocycles. The summed E-state index contributed by atoms with van der Waals surface area (Å²) in [7, 11) is 0. The van der Waals surface area contributed by atoms with Crippen molar-refractivity contribution in [2.24, 2.45) is 0 Å². The molecule has 4 N–H and O–H groups in total. The van der Waals surface area contributed by atoms with Gasteiger partial charge in [0.2, 0.25) is 5.95 Å². The molecule has 1 aromatic heterocycles. The van der Waals surface area contributed by atoms with Crippen molar-refractivity contribution in [2.45, 2.75) is 12.8 Å². The number of nitrogens with zero attached hydrogens (tertiary/aromatic N) is 1. The molecule has 2 heterocycles. The Morgan fingerprint density at radius 1 is 1.07 bits per heavy atom. The van der Waals surface area contributed by atoms with Gasteiger partial charge in [-0.25, -0.2) is 0 Å². The summed E-state index contributed by atoms with van der Waals surface area (Å²) < 4.78 is 5.53. The average molecular weight is 386 g/mol. The number of rotatable bonds is 3. The topological polar surface area (TPSA) is 110 Å². The predicted molar refractivity (Wildman–Crippen MR) is 110 cm³/mol. The number of hydrogen-bond acceptors (Lipinski definition) is 6. The van der Waals surface area contributed by atoms with E-state index < -0.39 is 5.92 Å². The van der Waals surface area contributed by atoms with Crippen LogP contribution in [0.5, 0.6) is 5.75 Å². The molecule has 1 aliphatic heterocycles. The number of allylic oxidation sites excluding steroid dienone is 1. The standard InChI is InChI=1S/C22H18N4O3/c1-2-29-12-9-7-11(8-10-12)15-16-18(13-5-3-4-6-14(13)19(16)27)24-20-17(15)21(28)26-22(23)25-20/h3-10,15H,2H2,1H3,(H4,23,24,25,26,28)/t15-/m1/s1. The lowest BCUT2D eigenvalue weighted by Gasteiger charge is -2.27. The van der Waals surface area contributed by atoms with Crippen LogP contribution < -0.4 is 21.3 Å². The Kier molecular flexibility index (Phi) is 3.77. The van der Waals surface area contributed by atoms with Crippen molar-refractivity contribution in [1.29, 1.82) is 0 Å². The van der Waals surface area contributed by atoms with Crippen LogP contribution in [0.25, 0.3) is 5.70 Å². The van der Waals surface area contributed by atoms with E-state index in [0.29, 0.717) is 34.8 Å². The molecule has 0 saturated heterocycles. The zero-order chi connectivity index (χ0) is 20.1. The van der Waals surface area contributed by atoms with Crippen LogP contribution in [0.4, 0.5) is 11.8 Å². The van der Waals surface area contributed by atoms with Crippen molar-refractivity contribution in [1.82, 2.24) is 9.97 Å². The Bertz CT molecular complexity index is 1240. The number of carbonyl (C=O) groups is 1. The van der Waals surface area contributed by atoms with Gasteiger partial charge < -0.3 is 15.8 Å². The molecule has 2 aliphatic rings. The van der Waals surface area contributed by atoms with E-state index >= 15 is 0 Å². The van der Waals surface area contributed by atoms with E-state index in [1.54, 1.807) is 6.07 Å². The maximum atomic E-state index is 13.3. The number of hydrogen-bond donors (Lipinski definition) is 3. The molecule has 1 atom stereocenters. The first-order valence-electron chi connectivity index (χ1n) is 9.36. The second kappa shape index (κ2) is 6.34. The molecule has 0 spiro atoms. The lowest BCUT2D eigenvalue weighted by atomic mass is 9.81. The number of Topliss-reactive ketones (excluding diaryl/α,β-unsaturated/α-hetero) is 1. The zero-order valence-electron chi connectivity index (χ0n) is 15.7. The van der Waals surface area contributed by atoms with Crippen molar-refractivity contribution < 1.29 is 9.53 Å². The smallest absolute Gasteiger partial charge is 0.258 e. The molecule has 7 heteroatoms. The number of ether oxygens (including phenoxy) is 1. The first-order chi connectivity index (χ1) is 14.1. The number of aromatic nitrogens is 2. The highest BCUT2D eigenvalue weighted by atomic mass is 16.5. The summed E-state index contributed by atoms with van der Waals surface area (Å²) in [6, 6.07) is 14.8. The molecular weight excluding hydrogens is 368 g/mol. The Balaban J connectivity index is 1.75. The lowest BCUT2D eigenvalue weighted by molar-refractivity contribution is 0.103. The SMILES string of the molecule is CCOc1ccc([C@@H]2C3=C(Nc4nc(N)[nH]c(=O)c42)c2ccccc2C3=O)cc1. The summed E-state index contributed by atoms with van der Waals surface area (Å²) in [6.45, 7) is 2.47. The zero-order valence-corrected chi connectivity index (χ0v) is 15.7. The Labute approximate surface area is 166 Å². The highest BCUT2D eigenvalue weighted by Crippen LogP contribution is 2.47. The highest BCUT2D eigenvalue weighted by Gasteiger charge is 2.41. The number of anilines is 2. The minimum atomic E-state index is -0.561. The molecule has 0 bridgehead atoms. The number of nitrogens with one attached hydrogen (secondary N) is 2. The van der Waals surface area contributed by atoms with Crippen LogP contribution in [0.15, 0.2) is 58.9 Å². The van der Waals surface area contributed by atoms with Crippen LogP contribution >= 0.6 is 0 Å². The van der Waals surface area contributed by atoms with Crippen LogP contribution in [-0.4, -0.2) is 22.4 Å². The Morgan fingerprint density at radius 3 is 2.52 bits per heavy atom. The van der Waals surface area contributed by atoms with E-state index in [0.717, 1.165) is 16.9 Å². The van der Waals surface area contributed by atoms with Gasteiger partial charge in [0, 0.05) is 22.6 Å². The molecule has 1 aliphatic carbocycles. The second-order valence-corrected chi connectivity index (χ2v) is 6.94. The number of aromatic amines is 1. The fourth-order valence-electron chi connectivity index (χ4n) is 4.10. The van der Waals surface area contributed by atoms with Gasteiger partial charge in [0.25, 0.3) is 5.56 Å². The van der Waals surface area contributed by atoms with Crippen LogP contribution in [0.2, 0.25) is 0 Å². The van der Waals surface area contributed by atoms with E-state index in [2.05, 4.69) is 15.3 Å². The fraction of sp³-hybridized carbons (Fsp3) is 0.136. The molecule has 5 rings (SSSR count). The molecule has 29 heavy (non-hydrogen) atoms. The van der Waals surface area contributed by atoms with E-state index in [4.69, 9.17) is 10.5 Å². The quantitative estimate of drug-likeness (QED) is 0.638. The van der Waals surface area contributed by atoms with Gasteiger partial charge in [-0.1, -0.05) is 36.4 Å². The highest BCUT2D eigenvalue weighted by molar-refractivity contribution is 6.23. The van der Waals surface area contributed by atoms with Crippen molar-refractivity contribution >= 4 is 23.2 Å². The maximum Gasteiger partial charge on any atom is 0.258 e. The Morgan fingerprint density at radius 2 is 1.79 bits per heavy atom. The van der Waals surface area contributed by atoms with Gasteiger partial charge in [0.05, 0.1) is 17.9 Å². The van der Waals surface area contributed by atoms with Gasteiger partial charge in [0.15, 0.2) is 5.78 Å². The number of ketones is 1. The second-order valence-electron chi connectivity index (χ2n) is 6.94. The summed E-state index contributed by atoms with van der Waals surface area (Å²) in [5.74, 6) is 0.462. The molecular formula is C22H18N4O3. The average Bonchev–Trinajstić information content (AvgIpc) is 3.00. The normalized spacial score (nSPS) is 16.7. The van der Waals surface area contributed by atoms with Crippen molar-refractivity contribution in [3.8, 4) is 5.75 Å². The van der Waals surface area contributed by atoms with Crippen LogP contribution in [-0.2, 0) is 0 Å². The molecule has 0 amide bonds. The van der Waals surface area contributed by atoms with Crippen LogP contribution in [0.1, 0.15) is 39.9 Å². The first-order valence-corrected chi connectivity index (χ1v) is 9.36. The third-order valence-electron chi connectivity index (χ3n) is 5.27. The van der Waals surface area contributed by atoms with Crippen molar-refractivity contribution in [3.05, 3.63) is 86.7 Å². The summed E-state index contributed by atoms with van der Waals surface area (Å²) in [4.78, 5) is 33.0. The van der Waals surface area contributed by atoms with E-state index in [-0.39, 0.29) is 17.3 Å². The minimum absolute atomic E-state index is 0.0216. The van der Waals surface area contributed by atoms with Gasteiger partial charge in [0.1, 0.15) is 11.6 Å². The lowest BCUT2D eigenvalue weighted by Crippen LogP contribution is -2.28. The minimum Gasteiger partial charge on any atom is -0.494 e. The fourth-order valence-corrected chi connectivity index (χ4v) is 4.10. The maximum absolute atomic E-state index is 13.3. The molecule has 0 unspecified atom stereocenters. The summed E-state index contributed by atoms with van der Waals surface area (Å²) >= 11 is 0. The third kappa shape index (κ3) is 2.55. The van der Waals surface area contributed by atoms with Gasteiger partial charge in [-0.15, -0.1) is 0 Å². The molecule has 3 aromatic rings. The largest absolute Gasteiger partial charge is 0.494 e. The molecule has 7 nitrogen and oxygen atoms in total. The summed E-state index contributed by atoms with van der Waals surface area (Å²) in [5.41, 5.74) is 9.22. The monoisotopic (exact) mass is 386 g/mol. The first kappa shape index (κ1) is 17.2. The number of fused-ring (bicyclic) bond motifs is 3. The number of H-pyrrole nitrogens is 1. The number of carbonyl (C=O) groups excluding carboxylic acids is 1. The van der Waals surface area contributed by atoms with Gasteiger partial charge in [-0.3, -0.25) is 14.6 Å². The van der Waals surface area contributed by atoms with Gasteiger partial charge in [-0.05, 0) is 24.6 Å². The van der Waals surface area contributed by atoms with Crippen molar-refractivity contribution in [3.63, 3.8) is 0 Å². The Hall–Kier alpha value is -3.87. The molecule has 0 fully saturated rings. The summed E-state index contributed by atoms with van der Waals surface area (Å²) in [6.07, 6.45) is 0. The number of benzene rings is 2. The van der Waals surface area contributed by atoms with Gasteiger partial charge in [-0.2, -0.15) is 4.98 Å². The molecule has 2 aromatic carbocycles. The molecule has 0 radical (unpaired) electrons. The van der Waals surface area contributed by atoms with E-state index in [1.165, 1.54) is 0 Å². The van der Waals surface area contributed by atoms with E-state index in [9.17, 15) is 9.59 Å². The van der Waals surface area contributed by atoms with Gasteiger partial charge >= 0.3 is 0 Å². The summed E-state index contributed by atoms with van der Waals surface area (Å²) in [5, 5.41) is 3.18. The predicted octanol–water partition coefficient (Wildman–Crippen LogP) is 2.92. The van der Waals surface area contributed by atoms with Crippen LogP contribution in [0.3, 0.4) is 0 Å². The van der Waals surface area contributed by atoms with Crippen LogP contribution in [0, 0.1) is 0 Å². The van der Waals surface area contributed by atoms with E-state index in [1.807, 2.05) is 49.4 Å². The molecule has 144 valence electrons. The van der Waals surface area contributed by atoms with Crippen molar-refractivity contribution in [2.75, 3.05) is 17.7 Å². The third-order valence-corrected chi connectivity index (χ3v) is 5.27. The number of nitrogens with two attached hydrogens (primary N) is 1.